The van der Waals surface area contributed by atoms with Gasteiger partial charge in [-0.05, 0) is 54.9 Å². The number of nitrogens with one attached hydrogen (secondary N) is 2. The average Bonchev–Trinajstić information content (AvgIpc) is 3.18. The molecule has 2 aromatic heterocycles. The van der Waals surface area contributed by atoms with Crippen molar-refractivity contribution in [1.29, 1.82) is 0 Å². The molecule has 2 N–H and O–H groups in total. The van der Waals surface area contributed by atoms with Gasteiger partial charge in [-0.2, -0.15) is 5.10 Å². The van der Waals surface area contributed by atoms with E-state index < -0.39 is 6.04 Å². The van der Waals surface area contributed by atoms with Gasteiger partial charge >= 0.3 is 0 Å². The van der Waals surface area contributed by atoms with E-state index in [0.717, 1.165) is 4.88 Å². The van der Waals surface area contributed by atoms with Crippen LogP contribution in [-0.4, -0.2) is 20.7 Å². The molecule has 1 aromatic carbocycles. The number of H-pyrrole nitrogens is 1. The van der Waals surface area contributed by atoms with Crippen LogP contribution in [-0.2, 0) is 4.79 Å². The molecule has 0 spiro atoms. The molecular formula is C15H13ClN4OS2. The maximum Gasteiger partial charge on any atom is 0.247 e. The second-order valence-electron chi connectivity index (χ2n) is 4.87. The largest absolute Gasteiger partial charge is 0.324 e. The van der Waals surface area contributed by atoms with E-state index in [9.17, 15) is 4.79 Å². The van der Waals surface area contributed by atoms with Gasteiger partial charge in [0.2, 0.25) is 5.91 Å². The van der Waals surface area contributed by atoms with Crippen LogP contribution in [0, 0.1) is 4.77 Å². The fourth-order valence-corrected chi connectivity index (χ4v) is 3.27. The van der Waals surface area contributed by atoms with E-state index in [2.05, 4.69) is 15.5 Å². The van der Waals surface area contributed by atoms with Crippen molar-refractivity contribution in [3.63, 3.8) is 0 Å². The Morgan fingerprint density at radius 3 is 2.78 bits per heavy atom. The third-order valence-electron chi connectivity index (χ3n) is 3.32. The van der Waals surface area contributed by atoms with E-state index in [1.807, 2.05) is 17.5 Å². The first-order chi connectivity index (χ1) is 11.1. The number of carbonyl (C=O) groups is 1. The van der Waals surface area contributed by atoms with Crippen LogP contribution in [0.2, 0.25) is 5.02 Å². The van der Waals surface area contributed by atoms with Crippen molar-refractivity contribution in [2.45, 2.75) is 13.0 Å². The molecule has 3 aromatic rings. The number of hydrogen-bond acceptors (Lipinski definition) is 4. The van der Waals surface area contributed by atoms with Gasteiger partial charge in [-0.1, -0.05) is 17.7 Å². The maximum atomic E-state index is 12.5. The molecule has 0 saturated heterocycles. The SMILES string of the molecule is C[C@H](C(=O)Nc1ccc(Cl)cc1)n1c(-c2cccs2)n[nH]c1=S. The number of nitrogens with zero attached hydrogens (tertiary/aromatic N) is 2. The van der Waals surface area contributed by atoms with Crippen LogP contribution in [0.5, 0.6) is 0 Å². The van der Waals surface area contributed by atoms with Gasteiger partial charge in [-0.15, -0.1) is 11.3 Å². The molecule has 0 unspecified atom stereocenters. The summed E-state index contributed by atoms with van der Waals surface area (Å²) < 4.78 is 2.12. The molecule has 5 nitrogen and oxygen atoms in total. The molecule has 0 fully saturated rings. The van der Waals surface area contributed by atoms with Gasteiger partial charge in [0.25, 0.3) is 0 Å². The number of benzene rings is 1. The lowest BCUT2D eigenvalue weighted by Crippen LogP contribution is -2.24. The number of aromatic nitrogens is 3. The Bertz CT molecular complexity index is 868. The molecule has 0 aliphatic heterocycles. The van der Waals surface area contributed by atoms with Crippen LogP contribution in [0.4, 0.5) is 5.69 Å². The third kappa shape index (κ3) is 3.36. The number of amides is 1. The number of rotatable bonds is 4. The van der Waals surface area contributed by atoms with Crippen molar-refractivity contribution < 1.29 is 4.79 Å². The molecule has 0 bridgehead atoms. The van der Waals surface area contributed by atoms with Crippen LogP contribution < -0.4 is 5.32 Å². The zero-order valence-electron chi connectivity index (χ0n) is 12.1. The van der Waals surface area contributed by atoms with Crippen LogP contribution in [0.3, 0.4) is 0 Å². The Hall–Kier alpha value is -1.96. The first-order valence-electron chi connectivity index (χ1n) is 6.83. The van der Waals surface area contributed by atoms with Crippen molar-refractivity contribution in [2.75, 3.05) is 5.32 Å². The quantitative estimate of drug-likeness (QED) is 0.669. The van der Waals surface area contributed by atoms with Gasteiger partial charge < -0.3 is 5.32 Å². The predicted octanol–water partition coefficient (Wildman–Crippen LogP) is 4.52. The highest BCUT2D eigenvalue weighted by Crippen LogP contribution is 2.26. The topological polar surface area (TPSA) is 62.7 Å². The summed E-state index contributed by atoms with van der Waals surface area (Å²) in [5.41, 5.74) is 0.680. The van der Waals surface area contributed by atoms with Crippen molar-refractivity contribution in [3.8, 4) is 10.7 Å². The minimum atomic E-state index is -0.506. The molecule has 8 heteroatoms. The Morgan fingerprint density at radius 2 is 2.13 bits per heavy atom. The molecule has 3 rings (SSSR count). The second kappa shape index (κ2) is 6.66. The molecule has 0 saturated carbocycles. The molecule has 0 aliphatic rings. The van der Waals surface area contributed by atoms with Crippen LogP contribution in [0.15, 0.2) is 41.8 Å². The second-order valence-corrected chi connectivity index (χ2v) is 6.64. The predicted molar refractivity (Wildman–Crippen MR) is 95.5 cm³/mol. The van der Waals surface area contributed by atoms with Crippen LogP contribution in [0.1, 0.15) is 13.0 Å². The number of halogens is 1. The first kappa shape index (κ1) is 15.9. The lowest BCUT2D eigenvalue weighted by Gasteiger charge is -2.15. The highest BCUT2D eigenvalue weighted by Gasteiger charge is 2.21. The summed E-state index contributed by atoms with van der Waals surface area (Å²) in [4.78, 5) is 13.5. The first-order valence-corrected chi connectivity index (χ1v) is 8.50. The Kier molecular flexibility index (Phi) is 4.61. The van der Waals surface area contributed by atoms with E-state index in [-0.39, 0.29) is 5.91 Å². The maximum absolute atomic E-state index is 12.5. The fraction of sp³-hybridized carbons (Fsp3) is 0.133. The van der Waals surface area contributed by atoms with Crippen LogP contribution in [0.25, 0.3) is 10.7 Å². The zero-order valence-corrected chi connectivity index (χ0v) is 14.5. The fourth-order valence-electron chi connectivity index (χ4n) is 2.14. The van der Waals surface area contributed by atoms with Gasteiger partial charge in [0.15, 0.2) is 10.6 Å². The molecule has 118 valence electrons. The molecule has 0 radical (unpaired) electrons. The van der Waals surface area contributed by atoms with Crippen molar-refractivity contribution >= 4 is 46.8 Å². The minimum absolute atomic E-state index is 0.178. The lowest BCUT2D eigenvalue weighted by molar-refractivity contribution is -0.118. The van der Waals surface area contributed by atoms with Gasteiger partial charge in [0.1, 0.15) is 6.04 Å². The minimum Gasteiger partial charge on any atom is -0.324 e. The van der Waals surface area contributed by atoms with Gasteiger partial charge in [0.05, 0.1) is 4.88 Å². The molecule has 1 amide bonds. The Labute approximate surface area is 146 Å². The Morgan fingerprint density at radius 1 is 1.39 bits per heavy atom. The van der Waals surface area contributed by atoms with E-state index in [1.54, 1.807) is 47.1 Å². The summed E-state index contributed by atoms with van der Waals surface area (Å²) in [6.45, 7) is 1.79. The van der Waals surface area contributed by atoms with E-state index in [0.29, 0.717) is 21.3 Å². The summed E-state index contributed by atoms with van der Waals surface area (Å²) in [7, 11) is 0. The normalized spacial score (nSPS) is 12.1. The van der Waals surface area contributed by atoms with Gasteiger partial charge in [0, 0.05) is 10.7 Å². The van der Waals surface area contributed by atoms with Gasteiger partial charge in [-0.3, -0.25) is 14.5 Å². The number of anilines is 1. The molecule has 23 heavy (non-hydrogen) atoms. The molecule has 2 heterocycles. The summed E-state index contributed by atoms with van der Waals surface area (Å²) >= 11 is 12.7. The number of hydrogen-bond donors (Lipinski definition) is 2. The average molecular weight is 365 g/mol. The van der Waals surface area contributed by atoms with Crippen molar-refractivity contribution in [3.05, 3.63) is 51.6 Å². The van der Waals surface area contributed by atoms with Crippen LogP contribution >= 0.6 is 35.2 Å². The monoisotopic (exact) mass is 364 g/mol. The molecule has 0 aliphatic carbocycles. The summed E-state index contributed by atoms with van der Waals surface area (Å²) in [6, 6.07) is 10.3. The summed E-state index contributed by atoms with van der Waals surface area (Å²) in [5.74, 6) is 0.478. The summed E-state index contributed by atoms with van der Waals surface area (Å²) in [6.07, 6.45) is 0. The number of thiophene rings is 1. The Balaban J connectivity index is 1.87. The third-order valence-corrected chi connectivity index (χ3v) is 4.73. The number of carbonyl (C=O) groups excluding carboxylic acids is 1. The lowest BCUT2D eigenvalue weighted by atomic mass is 10.2. The standard InChI is InChI=1S/C15H13ClN4OS2/c1-9(14(21)17-11-6-4-10(16)5-7-11)20-13(18-19-15(20)22)12-3-2-8-23-12/h2-9H,1H3,(H,17,21)(H,19,22)/t9-/m1/s1. The smallest absolute Gasteiger partial charge is 0.247 e. The summed E-state index contributed by atoms with van der Waals surface area (Å²) in [5, 5.41) is 12.4. The van der Waals surface area contributed by atoms with E-state index >= 15 is 0 Å². The zero-order chi connectivity index (χ0) is 16.4. The molecular weight excluding hydrogens is 352 g/mol. The highest BCUT2D eigenvalue weighted by molar-refractivity contribution is 7.71. The van der Waals surface area contributed by atoms with Crippen molar-refractivity contribution in [2.24, 2.45) is 0 Å². The van der Waals surface area contributed by atoms with Gasteiger partial charge in [-0.25, -0.2) is 0 Å². The highest BCUT2D eigenvalue weighted by atomic mass is 35.5. The number of aromatic amines is 1. The van der Waals surface area contributed by atoms with E-state index in [1.165, 1.54) is 0 Å². The van der Waals surface area contributed by atoms with E-state index in [4.69, 9.17) is 23.8 Å². The molecule has 1 atom stereocenters. The van der Waals surface area contributed by atoms with Crippen molar-refractivity contribution in [1.82, 2.24) is 14.8 Å².